The molecule has 1 aromatic heterocycles. The van der Waals surface area contributed by atoms with Crippen LogP contribution in [-0.2, 0) is 4.74 Å². The van der Waals surface area contributed by atoms with Crippen LogP contribution < -0.4 is 19.8 Å². The summed E-state index contributed by atoms with van der Waals surface area (Å²) in [7, 11) is 0. The molecule has 1 fully saturated rings. The number of hydrogen-bond acceptors (Lipinski definition) is 10. The molecule has 3 heterocycles. The van der Waals surface area contributed by atoms with E-state index in [1.54, 1.807) is 18.2 Å². The van der Waals surface area contributed by atoms with Crippen LogP contribution in [0.2, 0.25) is 0 Å². The molecule has 0 spiro atoms. The number of hydrogen-bond donors (Lipinski definition) is 2. The van der Waals surface area contributed by atoms with Crippen LogP contribution in [0.1, 0.15) is 32.3 Å². The maximum absolute atomic E-state index is 9.66. The minimum Gasteiger partial charge on any atom is -0.508 e. The quantitative estimate of drug-likeness (QED) is 0.480. The maximum Gasteiger partial charge on any atom is 0.320 e. The van der Waals surface area contributed by atoms with E-state index >= 15 is 0 Å². The molecule has 2 N–H and O–H groups in total. The molecule has 0 atom stereocenters. The number of ether oxygens (including phenoxy) is 3. The molecule has 10 heteroatoms. The Morgan fingerprint density at radius 3 is 2.71 bits per heavy atom. The van der Waals surface area contributed by atoms with Gasteiger partial charge in [-0.2, -0.15) is 15.1 Å². The van der Waals surface area contributed by atoms with Crippen LogP contribution in [0.25, 0.3) is 0 Å². The van der Waals surface area contributed by atoms with E-state index in [2.05, 4.69) is 44.1 Å². The zero-order chi connectivity index (χ0) is 23.8. The predicted octanol–water partition coefficient (Wildman–Crippen LogP) is 2.73. The first-order chi connectivity index (χ1) is 16.7. The Balaban J connectivity index is 1.50. The lowest BCUT2D eigenvalue weighted by molar-refractivity contribution is 0.0317. The average Bonchev–Trinajstić information content (AvgIpc) is 3.25. The van der Waals surface area contributed by atoms with Crippen LogP contribution in [0.3, 0.4) is 0 Å². The summed E-state index contributed by atoms with van der Waals surface area (Å²) in [6.45, 7) is 11.1. The van der Waals surface area contributed by atoms with Gasteiger partial charge in [-0.05, 0) is 25.0 Å². The van der Waals surface area contributed by atoms with Crippen molar-refractivity contribution in [2.75, 3.05) is 69.5 Å². The summed E-state index contributed by atoms with van der Waals surface area (Å²) < 4.78 is 17.0. The lowest BCUT2D eigenvalue weighted by Crippen LogP contribution is -2.38. The molecular weight excluding hydrogens is 436 g/mol. The summed E-state index contributed by atoms with van der Waals surface area (Å²) >= 11 is 0. The Bertz CT molecular complexity index is 974. The molecule has 2 aliphatic heterocycles. The molecule has 0 bridgehead atoms. The second kappa shape index (κ2) is 11.8. The van der Waals surface area contributed by atoms with Crippen molar-refractivity contribution in [3.05, 3.63) is 29.8 Å². The normalized spacial score (nSPS) is 16.8. The summed E-state index contributed by atoms with van der Waals surface area (Å²) in [5, 5.41) is 14.2. The third kappa shape index (κ3) is 6.27. The number of aromatic hydroxyl groups is 1. The van der Waals surface area contributed by atoms with Gasteiger partial charge in [-0.25, -0.2) is 0 Å². The van der Waals surface area contributed by atoms with Crippen LogP contribution >= 0.6 is 0 Å². The molecule has 2 aliphatic rings. The standard InChI is InChI=1S/C24H34N6O4/c1-3-7-30(8-4-2)23-16-22(25-24(26-23)33-14-11-29-9-12-32-13-10-29)28-27-20-17-34-21-15-18(31)5-6-19(20)21/h5-6,15-16,31H,3-4,7-14,17H2,1-2H3,(H,25,26,28)/b27-20+. The third-order valence-electron chi connectivity index (χ3n) is 5.69. The second-order valence-corrected chi connectivity index (χ2v) is 8.32. The van der Waals surface area contributed by atoms with E-state index in [9.17, 15) is 5.11 Å². The molecule has 0 aliphatic carbocycles. The van der Waals surface area contributed by atoms with Gasteiger partial charge in [0.1, 0.15) is 36.2 Å². The smallest absolute Gasteiger partial charge is 0.320 e. The number of nitrogens with one attached hydrogen (secondary N) is 1. The van der Waals surface area contributed by atoms with Gasteiger partial charge in [0.15, 0.2) is 5.82 Å². The lowest BCUT2D eigenvalue weighted by Gasteiger charge is -2.26. The van der Waals surface area contributed by atoms with Crippen molar-refractivity contribution in [3.8, 4) is 17.5 Å². The van der Waals surface area contributed by atoms with Crippen molar-refractivity contribution in [2.24, 2.45) is 5.10 Å². The zero-order valence-electron chi connectivity index (χ0n) is 20.0. The van der Waals surface area contributed by atoms with Gasteiger partial charge in [-0.15, -0.1) is 0 Å². The molecule has 2 aromatic rings. The van der Waals surface area contributed by atoms with Gasteiger partial charge >= 0.3 is 6.01 Å². The number of benzene rings is 1. The SMILES string of the molecule is CCCN(CCC)c1cc(N/N=C2\COc3cc(O)ccc32)nc(OCCN2CCOCC2)n1. The minimum absolute atomic E-state index is 0.166. The molecule has 4 rings (SSSR count). The third-order valence-corrected chi connectivity index (χ3v) is 5.69. The first-order valence-corrected chi connectivity index (χ1v) is 12.0. The van der Waals surface area contributed by atoms with E-state index in [0.29, 0.717) is 30.8 Å². The van der Waals surface area contributed by atoms with E-state index in [4.69, 9.17) is 14.2 Å². The van der Waals surface area contributed by atoms with E-state index in [1.165, 1.54) is 0 Å². The average molecular weight is 471 g/mol. The van der Waals surface area contributed by atoms with Gasteiger partial charge in [0.05, 0.1) is 13.2 Å². The van der Waals surface area contributed by atoms with Gasteiger partial charge in [0.25, 0.3) is 0 Å². The monoisotopic (exact) mass is 470 g/mol. The van der Waals surface area contributed by atoms with E-state index in [1.807, 2.05) is 6.07 Å². The molecule has 1 aromatic carbocycles. The highest BCUT2D eigenvalue weighted by atomic mass is 16.5. The van der Waals surface area contributed by atoms with Crippen molar-refractivity contribution in [2.45, 2.75) is 26.7 Å². The molecule has 0 unspecified atom stereocenters. The van der Waals surface area contributed by atoms with E-state index in [0.717, 1.165) is 75.9 Å². The number of nitrogens with zero attached hydrogens (tertiary/aromatic N) is 5. The first-order valence-electron chi connectivity index (χ1n) is 12.0. The Morgan fingerprint density at radius 2 is 1.94 bits per heavy atom. The van der Waals surface area contributed by atoms with Crippen LogP contribution in [0.4, 0.5) is 11.6 Å². The minimum atomic E-state index is 0.166. The number of phenolic OH excluding ortho intramolecular Hbond substituents is 1. The Labute approximate surface area is 200 Å². The fourth-order valence-electron chi connectivity index (χ4n) is 3.98. The predicted molar refractivity (Wildman–Crippen MR) is 131 cm³/mol. The van der Waals surface area contributed by atoms with Crippen LogP contribution in [-0.4, -0.2) is 84.8 Å². The second-order valence-electron chi connectivity index (χ2n) is 8.32. The highest BCUT2D eigenvalue weighted by Gasteiger charge is 2.20. The van der Waals surface area contributed by atoms with Gasteiger partial charge < -0.3 is 24.2 Å². The van der Waals surface area contributed by atoms with Crippen molar-refractivity contribution >= 4 is 17.3 Å². The Kier molecular flexibility index (Phi) is 8.37. The molecule has 10 nitrogen and oxygen atoms in total. The maximum atomic E-state index is 9.66. The topological polar surface area (TPSA) is 105 Å². The van der Waals surface area contributed by atoms with Gasteiger partial charge in [-0.1, -0.05) is 13.8 Å². The largest absolute Gasteiger partial charge is 0.508 e. The number of aromatic nitrogens is 2. The van der Waals surface area contributed by atoms with E-state index < -0.39 is 0 Å². The van der Waals surface area contributed by atoms with Gasteiger partial charge in [-0.3, -0.25) is 10.3 Å². The molecule has 0 radical (unpaired) electrons. The van der Waals surface area contributed by atoms with Crippen molar-refractivity contribution in [1.29, 1.82) is 0 Å². The lowest BCUT2D eigenvalue weighted by atomic mass is 10.1. The van der Waals surface area contributed by atoms with Gasteiger partial charge in [0.2, 0.25) is 0 Å². The highest BCUT2D eigenvalue weighted by molar-refractivity contribution is 6.06. The number of morpholine rings is 1. The number of hydrazone groups is 1. The summed E-state index contributed by atoms with van der Waals surface area (Å²) in [6.07, 6.45) is 2.03. The summed E-state index contributed by atoms with van der Waals surface area (Å²) in [5.41, 5.74) is 4.65. The fourth-order valence-corrected chi connectivity index (χ4v) is 3.98. The summed E-state index contributed by atoms with van der Waals surface area (Å²) in [5.74, 6) is 2.16. The number of fused-ring (bicyclic) bond motifs is 1. The van der Waals surface area contributed by atoms with E-state index in [-0.39, 0.29) is 5.75 Å². The number of anilines is 2. The van der Waals surface area contributed by atoms with Crippen LogP contribution in [0, 0.1) is 0 Å². The van der Waals surface area contributed by atoms with Crippen molar-refractivity contribution < 1.29 is 19.3 Å². The summed E-state index contributed by atoms with van der Waals surface area (Å²) in [4.78, 5) is 13.8. The first kappa shape index (κ1) is 24.0. The number of phenols is 1. The molecule has 1 saturated heterocycles. The van der Waals surface area contributed by atoms with Crippen molar-refractivity contribution in [1.82, 2.24) is 14.9 Å². The molecule has 184 valence electrons. The fraction of sp³-hybridized carbons (Fsp3) is 0.542. The Morgan fingerprint density at radius 1 is 1.15 bits per heavy atom. The highest BCUT2D eigenvalue weighted by Crippen LogP contribution is 2.29. The number of rotatable bonds is 11. The van der Waals surface area contributed by atoms with Gasteiger partial charge in [0, 0.05) is 50.4 Å². The van der Waals surface area contributed by atoms with Crippen molar-refractivity contribution in [3.63, 3.8) is 0 Å². The zero-order valence-corrected chi connectivity index (χ0v) is 20.0. The molecule has 34 heavy (non-hydrogen) atoms. The van der Waals surface area contributed by atoms with Crippen LogP contribution in [0.15, 0.2) is 29.4 Å². The molecule has 0 saturated carbocycles. The summed E-state index contributed by atoms with van der Waals surface area (Å²) in [6, 6.07) is 7.25. The molecular formula is C24H34N6O4. The van der Waals surface area contributed by atoms with Crippen LogP contribution in [0.5, 0.6) is 17.5 Å². The Hall–Kier alpha value is -3.11. The molecule has 0 amide bonds.